The molecular weight excluding hydrogens is 476 g/mol. The van der Waals surface area contributed by atoms with Crippen LogP contribution in [-0.4, -0.2) is 23.6 Å². The van der Waals surface area contributed by atoms with E-state index in [4.69, 9.17) is 4.74 Å². The van der Waals surface area contributed by atoms with E-state index in [1.165, 1.54) is 31.2 Å². The van der Waals surface area contributed by atoms with E-state index in [0.717, 1.165) is 24.1 Å². The average Bonchev–Trinajstić information content (AvgIpc) is 3.24. The van der Waals surface area contributed by atoms with Crippen molar-refractivity contribution in [1.29, 1.82) is 0 Å². The number of aromatic nitrogens is 1. The summed E-state index contributed by atoms with van der Waals surface area (Å²) >= 11 is 0. The molecule has 1 aliphatic rings. The van der Waals surface area contributed by atoms with Crippen LogP contribution >= 0.6 is 0 Å². The number of halogens is 4. The molecule has 0 spiro atoms. The molecule has 0 unspecified atom stereocenters. The number of aryl methyl sites for hydroxylation is 1. The second-order valence-electron chi connectivity index (χ2n) is 8.31. The van der Waals surface area contributed by atoms with Crippen LogP contribution in [0.25, 0.3) is 11.8 Å². The number of amides is 1. The molecule has 9 heteroatoms. The molecule has 2 aromatic carbocycles. The Morgan fingerprint density at radius 2 is 1.69 bits per heavy atom. The second-order valence-corrected chi connectivity index (χ2v) is 8.31. The first-order valence-corrected chi connectivity index (χ1v) is 10.9. The Hall–Kier alpha value is -4.14. The minimum absolute atomic E-state index is 0.0334. The molecule has 186 valence electrons. The van der Waals surface area contributed by atoms with Crippen molar-refractivity contribution >= 4 is 23.6 Å². The van der Waals surface area contributed by atoms with Crippen molar-refractivity contribution in [2.75, 3.05) is 12.0 Å². The van der Waals surface area contributed by atoms with E-state index < -0.39 is 29.4 Å². The van der Waals surface area contributed by atoms with Gasteiger partial charge in [0, 0.05) is 22.8 Å². The number of hydrogen-bond acceptors (Lipinski definition) is 3. The van der Waals surface area contributed by atoms with Crippen molar-refractivity contribution in [3.05, 3.63) is 99.8 Å². The quantitative estimate of drug-likeness (QED) is 0.247. The highest BCUT2D eigenvalue weighted by molar-refractivity contribution is 6.23. The zero-order valence-corrected chi connectivity index (χ0v) is 19.9. The summed E-state index contributed by atoms with van der Waals surface area (Å²) in [5.74, 6) is -1.91. The number of benzene rings is 2. The van der Waals surface area contributed by atoms with Gasteiger partial charge in [-0.2, -0.15) is 13.2 Å². The molecule has 36 heavy (non-hydrogen) atoms. The third kappa shape index (κ3) is 4.21. The number of anilines is 1. The Morgan fingerprint density at radius 3 is 2.33 bits per heavy atom. The van der Waals surface area contributed by atoms with Gasteiger partial charge in [-0.25, -0.2) is 9.18 Å². The van der Waals surface area contributed by atoms with Crippen molar-refractivity contribution in [1.82, 2.24) is 4.57 Å². The molecule has 4 rings (SSSR count). The largest absolute Gasteiger partial charge is 0.465 e. The molecule has 2 heterocycles. The molecule has 0 atom stereocenters. The standard InChI is InChI=1S/C27H22F4N2O3/c1-15-12-18(16(2)32(15)23-11-6-5-10-22(23)28)13-21-24(26(35)36-4)17(3)33(25(21)34)20-9-7-8-19(14-20)27(29,30)31/h5-14H,1-4H3/b21-13-. The van der Waals surface area contributed by atoms with E-state index in [2.05, 4.69) is 0 Å². The van der Waals surface area contributed by atoms with Gasteiger partial charge in [-0.05, 0) is 68.8 Å². The predicted octanol–water partition coefficient (Wildman–Crippen LogP) is 6.13. The Kier molecular flexibility index (Phi) is 6.34. The summed E-state index contributed by atoms with van der Waals surface area (Å²) in [6.45, 7) is 4.98. The molecule has 3 aromatic rings. The molecule has 0 bridgehead atoms. The topological polar surface area (TPSA) is 51.5 Å². The van der Waals surface area contributed by atoms with Crippen LogP contribution in [0.4, 0.5) is 23.2 Å². The fourth-order valence-electron chi connectivity index (χ4n) is 4.41. The van der Waals surface area contributed by atoms with Crippen LogP contribution < -0.4 is 4.90 Å². The van der Waals surface area contributed by atoms with E-state index in [1.807, 2.05) is 0 Å². The van der Waals surface area contributed by atoms with Crippen LogP contribution in [-0.2, 0) is 20.5 Å². The number of carbonyl (C=O) groups excluding carboxylic acids is 2. The lowest BCUT2D eigenvalue weighted by Crippen LogP contribution is -2.25. The minimum atomic E-state index is -4.61. The molecule has 5 nitrogen and oxygen atoms in total. The third-order valence-corrected chi connectivity index (χ3v) is 6.08. The normalized spacial score (nSPS) is 15.3. The lowest BCUT2D eigenvalue weighted by atomic mass is 10.0. The van der Waals surface area contributed by atoms with Gasteiger partial charge in [0.2, 0.25) is 0 Å². The third-order valence-electron chi connectivity index (χ3n) is 6.08. The van der Waals surface area contributed by atoms with Crippen LogP contribution in [0.3, 0.4) is 0 Å². The highest BCUT2D eigenvalue weighted by Crippen LogP contribution is 2.38. The molecule has 0 fully saturated rings. The molecule has 0 saturated heterocycles. The minimum Gasteiger partial charge on any atom is -0.465 e. The van der Waals surface area contributed by atoms with E-state index in [0.29, 0.717) is 22.6 Å². The zero-order valence-electron chi connectivity index (χ0n) is 19.9. The number of ether oxygens (including phenoxy) is 1. The molecule has 1 amide bonds. The van der Waals surface area contributed by atoms with Gasteiger partial charge in [-0.15, -0.1) is 0 Å². The smallest absolute Gasteiger partial charge is 0.416 e. The summed E-state index contributed by atoms with van der Waals surface area (Å²) in [6, 6.07) is 12.3. The molecule has 1 aliphatic heterocycles. The number of hydrogen-bond donors (Lipinski definition) is 0. The van der Waals surface area contributed by atoms with Crippen LogP contribution in [0, 0.1) is 19.7 Å². The highest BCUT2D eigenvalue weighted by Gasteiger charge is 2.39. The Balaban J connectivity index is 1.86. The summed E-state index contributed by atoms with van der Waals surface area (Å²) in [4.78, 5) is 27.2. The van der Waals surface area contributed by atoms with E-state index >= 15 is 0 Å². The molecule has 1 aromatic heterocycles. The first-order chi connectivity index (χ1) is 17.0. The van der Waals surface area contributed by atoms with Crippen molar-refractivity contribution in [2.45, 2.75) is 26.9 Å². The predicted molar refractivity (Wildman–Crippen MR) is 127 cm³/mol. The monoisotopic (exact) mass is 498 g/mol. The van der Waals surface area contributed by atoms with Gasteiger partial charge in [0.05, 0.1) is 29.5 Å². The van der Waals surface area contributed by atoms with E-state index in [9.17, 15) is 27.2 Å². The first kappa shape index (κ1) is 25.0. The highest BCUT2D eigenvalue weighted by atomic mass is 19.4. The van der Waals surface area contributed by atoms with Crippen LogP contribution in [0.1, 0.15) is 29.4 Å². The Bertz CT molecular complexity index is 1450. The zero-order chi connectivity index (χ0) is 26.4. The van der Waals surface area contributed by atoms with Crippen molar-refractivity contribution in [3.8, 4) is 5.69 Å². The van der Waals surface area contributed by atoms with E-state index in [1.54, 1.807) is 42.7 Å². The van der Waals surface area contributed by atoms with Gasteiger partial charge in [0.25, 0.3) is 5.91 Å². The maximum Gasteiger partial charge on any atom is 0.416 e. The number of para-hydroxylation sites is 1. The Labute approximate surface area is 204 Å². The fourth-order valence-corrected chi connectivity index (χ4v) is 4.41. The fraction of sp³-hybridized carbons (Fsp3) is 0.185. The SMILES string of the molecule is COC(=O)C1=C(C)N(c2cccc(C(F)(F)F)c2)C(=O)/C1=C\c1cc(C)n(-c2ccccc2F)c1C. The lowest BCUT2D eigenvalue weighted by molar-refractivity contribution is -0.137. The lowest BCUT2D eigenvalue weighted by Gasteiger charge is -2.19. The van der Waals surface area contributed by atoms with Gasteiger partial charge in [-0.3, -0.25) is 9.69 Å². The maximum atomic E-state index is 14.5. The molecule has 0 N–H and O–H groups in total. The van der Waals surface area contributed by atoms with Gasteiger partial charge in [0.1, 0.15) is 5.82 Å². The number of nitrogens with zero attached hydrogens (tertiary/aromatic N) is 2. The second kappa shape index (κ2) is 9.14. The van der Waals surface area contributed by atoms with Gasteiger partial charge < -0.3 is 9.30 Å². The maximum absolute atomic E-state index is 14.5. The van der Waals surface area contributed by atoms with Crippen molar-refractivity contribution in [3.63, 3.8) is 0 Å². The van der Waals surface area contributed by atoms with Crippen LogP contribution in [0.15, 0.2) is 71.4 Å². The Morgan fingerprint density at radius 1 is 1.00 bits per heavy atom. The summed E-state index contributed by atoms with van der Waals surface area (Å²) in [5, 5.41) is 0. The number of esters is 1. The number of allylic oxidation sites excluding steroid dienone is 1. The number of rotatable bonds is 4. The first-order valence-electron chi connectivity index (χ1n) is 10.9. The molecule has 0 saturated carbocycles. The van der Waals surface area contributed by atoms with Gasteiger partial charge in [0.15, 0.2) is 0 Å². The molecule has 0 aliphatic carbocycles. The van der Waals surface area contributed by atoms with Gasteiger partial charge in [-0.1, -0.05) is 18.2 Å². The average molecular weight is 498 g/mol. The summed E-state index contributed by atoms with van der Waals surface area (Å²) in [5.41, 5.74) is 1.24. The van der Waals surface area contributed by atoms with Crippen LogP contribution in [0.5, 0.6) is 0 Å². The summed E-state index contributed by atoms with van der Waals surface area (Å²) in [6.07, 6.45) is -3.13. The molecule has 0 radical (unpaired) electrons. The summed E-state index contributed by atoms with van der Waals surface area (Å²) in [7, 11) is 1.15. The number of methoxy groups -OCH3 is 1. The van der Waals surface area contributed by atoms with Crippen molar-refractivity contribution < 1.29 is 31.9 Å². The van der Waals surface area contributed by atoms with Crippen molar-refractivity contribution in [2.24, 2.45) is 0 Å². The molecular formula is C27H22F4N2O3. The summed E-state index contributed by atoms with van der Waals surface area (Å²) < 4.78 is 60.9. The number of carbonyl (C=O) groups is 2. The van der Waals surface area contributed by atoms with Gasteiger partial charge >= 0.3 is 12.1 Å². The van der Waals surface area contributed by atoms with Crippen LogP contribution in [0.2, 0.25) is 0 Å². The number of alkyl halides is 3. The van der Waals surface area contributed by atoms with E-state index in [-0.39, 0.29) is 22.5 Å².